The molecule has 218 valence electrons. The maximum Gasteiger partial charge on any atom is 0.0691 e. The summed E-state index contributed by atoms with van der Waals surface area (Å²) in [5.74, 6) is 0. The number of nitrogens with zero attached hydrogens (tertiary/aromatic N) is 2. The molecule has 0 radical (unpaired) electrons. The molecule has 0 saturated heterocycles. The summed E-state index contributed by atoms with van der Waals surface area (Å²) in [5, 5.41) is 0. The van der Waals surface area contributed by atoms with Crippen molar-refractivity contribution in [3.8, 4) is 11.1 Å². The van der Waals surface area contributed by atoms with Gasteiger partial charge < -0.3 is 21.3 Å². The first kappa shape index (κ1) is 28.6. The quantitative estimate of drug-likeness (QED) is 0.186. The van der Waals surface area contributed by atoms with Crippen LogP contribution in [0.15, 0.2) is 133 Å². The number of hydrogen-bond donors (Lipinski definition) is 2. The highest BCUT2D eigenvalue weighted by atomic mass is 15.2. The zero-order valence-electron chi connectivity index (χ0n) is 25.8. The predicted molar refractivity (Wildman–Crippen MR) is 189 cm³/mol. The van der Waals surface area contributed by atoms with E-state index >= 15 is 0 Å². The Balaban J connectivity index is 1.40. The van der Waals surface area contributed by atoms with Crippen LogP contribution >= 0.6 is 0 Å². The van der Waals surface area contributed by atoms with Crippen molar-refractivity contribution in [2.75, 3.05) is 21.3 Å². The van der Waals surface area contributed by atoms with Crippen LogP contribution in [-0.2, 0) is 0 Å². The van der Waals surface area contributed by atoms with Crippen molar-refractivity contribution < 1.29 is 0 Å². The summed E-state index contributed by atoms with van der Waals surface area (Å²) in [6, 6.07) is 46.5. The fourth-order valence-electron chi connectivity index (χ4n) is 5.80. The highest BCUT2D eigenvalue weighted by Gasteiger charge is 2.19. The molecule has 6 rings (SSSR count). The third kappa shape index (κ3) is 5.88. The molecule has 0 heterocycles. The Bertz CT molecular complexity index is 1720. The van der Waals surface area contributed by atoms with Crippen LogP contribution in [0.3, 0.4) is 0 Å². The molecule has 0 aliphatic heterocycles. The van der Waals surface area contributed by atoms with Crippen LogP contribution in [0.1, 0.15) is 22.3 Å². The van der Waals surface area contributed by atoms with Crippen LogP contribution < -0.4 is 21.3 Å². The molecule has 4 N–H and O–H groups in total. The minimum atomic E-state index is 0.689. The average molecular weight is 575 g/mol. The molecule has 44 heavy (non-hydrogen) atoms. The van der Waals surface area contributed by atoms with E-state index in [1.807, 2.05) is 12.1 Å². The van der Waals surface area contributed by atoms with Crippen molar-refractivity contribution in [3.63, 3.8) is 0 Å². The van der Waals surface area contributed by atoms with Gasteiger partial charge in [0.15, 0.2) is 0 Å². The third-order valence-corrected chi connectivity index (χ3v) is 7.91. The zero-order valence-corrected chi connectivity index (χ0v) is 25.8. The first-order valence-electron chi connectivity index (χ1n) is 14.9. The fraction of sp³-hybridized carbons (Fsp3) is 0.100. The normalized spacial score (nSPS) is 10.9. The molecular formula is C40H38N4. The summed E-state index contributed by atoms with van der Waals surface area (Å²) >= 11 is 0. The van der Waals surface area contributed by atoms with Crippen LogP contribution in [0.5, 0.6) is 0 Å². The van der Waals surface area contributed by atoms with Crippen molar-refractivity contribution in [3.05, 3.63) is 156 Å². The van der Waals surface area contributed by atoms with Crippen LogP contribution in [0.25, 0.3) is 11.1 Å². The SMILES string of the molecule is Cc1cccc(N(c2cccc(C)c2)c2ccc(-c3ccc(N(c4cccc(C)c4)c4cccc(C)c4)c(N)c3)cc2N)c1. The Labute approximate surface area is 260 Å². The van der Waals surface area contributed by atoms with E-state index in [2.05, 4.69) is 159 Å². The summed E-state index contributed by atoms with van der Waals surface area (Å²) in [4.78, 5) is 4.44. The second kappa shape index (κ2) is 12.0. The van der Waals surface area contributed by atoms with Crippen LogP contribution in [0.4, 0.5) is 45.5 Å². The van der Waals surface area contributed by atoms with Gasteiger partial charge in [-0.2, -0.15) is 0 Å². The van der Waals surface area contributed by atoms with E-state index < -0.39 is 0 Å². The second-order valence-electron chi connectivity index (χ2n) is 11.6. The van der Waals surface area contributed by atoms with Gasteiger partial charge in [-0.25, -0.2) is 0 Å². The smallest absolute Gasteiger partial charge is 0.0691 e. The van der Waals surface area contributed by atoms with E-state index in [4.69, 9.17) is 11.5 Å². The molecule has 0 spiro atoms. The Morgan fingerprint density at radius 3 is 0.909 bits per heavy atom. The lowest BCUT2D eigenvalue weighted by Gasteiger charge is -2.28. The van der Waals surface area contributed by atoms with E-state index in [0.29, 0.717) is 11.4 Å². The first-order chi connectivity index (χ1) is 21.3. The van der Waals surface area contributed by atoms with Gasteiger partial charge in [-0.05, 0) is 134 Å². The first-order valence-corrected chi connectivity index (χ1v) is 14.9. The van der Waals surface area contributed by atoms with Crippen molar-refractivity contribution in [1.82, 2.24) is 0 Å². The number of rotatable bonds is 7. The Morgan fingerprint density at radius 1 is 0.364 bits per heavy atom. The van der Waals surface area contributed by atoms with Crippen LogP contribution in [0, 0.1) is 27.7 Å². The Morgan fingerprint density at radius 2 is 0.659 bits per heavy atom. The monoisotopic (exact) mass is 574 g/mol. The summed E-state index contributed by atoms with van der Waals surface area (Å²) in [7, 11) is 0. The van der Waals surface area contributed by atoms with Gasteiger partial charge in [0.25, 0.3) is 0 Å². The lowest BCUT2D eigenvalue weighted by Crippen LogP contribution is -2.13. The van der Waals surface area contributed by atoms with Crippen molar-refractivity contribution in [1.29, 1.82) is 0 Å². The Hall–Kier alpha value is -5.48. The number of nitrogen functional groups attached to an aromatic ring is 2. The van der Waals surface area contributed by atoms with Crippen molar-refractivity contribution >= 4 is 45.5 Å². The lowest BCUT2D eigenvalue weighted by atomic mass is 10.0. The van der Waals surface area contributed by atoms with Crippen LogP contribution in [0.2, 0.25) is 0 Å². The number of aryl methyl sites for hydroxylation is 4. The Kier molecular flexibility index (Phi) is 7.82. The summed E-state index contributed by atoms with van der Waals surface area (Å²) in [5.41, 5.74) is 27.9. The van der Waals surface area contributed by atoms with Gasteiger partial charge in [0.1, 0.15) is 0 Å². The van der Waals surface area contributed by atoms with Crippen molar-refractivity contribution in [2.24, 2.45) is 0 Å². The molecule has 0 unspecified atom stereocenters. The van der Waals surface area contributed by atoms with Gasteiger partial charge >= 0.3 is 0 Å². The number of anilines is 8. The van der Waals surface area contributed by atoms with Gasteiger partial charge in [-0.3, -0.25) is 0 Å². The van der Waals surface area contributed by atoms with E-state index in [-0.39, 0.29) is 0 Å². The number of nitrogens with two attached hydrogens (primary N) is 2. The molecule has 4 heteroatoms. The molecule has 0 atom stereocenters. The predicted octanol–water partition coefficient (Wildman–Crippen LogP) is 10.7. The van der Waals surface area contributed by atoms with E-state index in [1.54, 1.807) is 0 Å². The molecule has 0 amide bonds. The molecular weight excluding hydrogens is 536 g/mol. The molecule has 0 fully saturated rings. The summed E-state index contributed by atoms with van der Waals surface area (Å²) in [6.07, 6.45) is 0. The van der Waals surface area contributed by atoms with Gasteiger partial charge in [-0.1, -0.05) is 60.7 Å². The second-order valence-corrected chi connectivity index (χ2v) is 11.6. The molecule has 6 aromatic rings. The molecule has 6 aromatic carbocycles. The average Bonchev–Trinajstić information content (AvgIpc) is 2.99. The van der Waals surface area contributed by atoms with Gasteiger partial charge in [0.05, 0.1) is 22.7 Å². The van der Waals surface area contributed by atoms with Gasteiger partial charge in [-0.15, -0.1) is 0 Å². The minimum absolute atomic E-state index is 0.689. The minimum Gasteiger partial charge on any atom is -0.397 e. The summed E-state index contributed by atoms with van der Waals surface area (Å²) in [6.45, 7) is 8.43. The fourth-order valence-corrected chi connectivity index (χ4v) is 5.80. The van der Waals surface area contributed by atoms with Crippen molar-refractivity contribution in [2.45, 2.75) is 27.7 Å². The van der Waals surface area contributed by atoms with Gasteiger partial charge in [0.2, 0.25) is 0 Å². The molecule has 4 nitrogen and oxygen atoms in total. The molecule has 0 aliphatic carbocycles. The topological polar surface area (TPSA) is 58.5 Å². The van der Waals surface area contributed by atoms with Gasteiger partial charge in [0, 0.05) is 22.7 Å². The maximum atomic E-state index is 6.83. The van der Waals surface area contributed by atoms with Crippen LogP contribution in [-0.4, -0.2) is 0 Å². The molecule has 0 aromatic heterocycles. The van der Waals surface area contributed by atoms with E-state index in [9.17, 15) is 0 Å². The number of benzene rings is 6. The largest absolute Gasteiger partial charge is 0.397 e. The zero-order chi connectivity index (χ0) is 30.8. The van der Waals surface area contributed by atoms with E-state index in [0.717, 1.165) is 45.3 Å². The summed E-state index contributed by atoms with van der Waals surface area (Å²) < 4.78 is 0. The third-order valence-electron chi connectivity index (χ3n) is 7.91. The standard InChI is InChI=1S/C40H38N4/c1-27-9-5-13-33(21-27)43(34-14-6-10-28(2)22-34)39-19-17-31(25-37(39)41)32-18-20-40(38(42)26-32)44(35-15-7-11-29(3)23-35)36-16-8-12-30(4)24-36/h5-26H,41-42H2,1-4H3. The maximum absolute atomic E-state index is 6.83. The highest BCUT2D eigenvalue weighted by Crippen LogP contribution is 2.42. The molecule has 0 saturated carbocycles. The molecule has 0 aliphatic rings. The lowest BCUT2D eigenvalue weighted by molar-refractivity contribution is 1.26. The number of hydrogen-bond acceptors (Lipinski definition) is 4. The molecule has 0 bridgehead atoms. The highest BCUT2D eigenvalue weighted by molar-refractivity contribution is 5.89. The van der Waals surface area contributed by atoms with E-state index in [1.165, 1.54) is 22.3 Å².